The third-order valence-electron chi connectivity index (χ3n) is 2.20. The first-order chi connectivity index (χ1) is 7.70. The Bertz CT molecular complexity index is 469. The van der Waals surface area contributed by atoms with Crippen LogP contribution in [0.2, 0.25) is 0 Å². The zero-order valence-electron chi connectivity index (χ0n) is 8.71. The molecule has 0 aliphatic carbocycles. The van der Waals surface area contributed by atoms with Gasteiger partial charge in [0.1, 0.15) is 11.7 Å². The summed E-state index contributed by atoms with van der Waals surface area (Å²) in [5.74, 6) is 0.667. The minimum absolute atomic E-state index is 0.0613. The fraction of sp³-hybridized carbons (Fsp3) is 0.556. The first-order valence-corrected chi connectivity index (χ1v) is 5.83. The molecule has 1 fully saturated rings. The topological polar surface area (TPSA) is 73.3 Å². The van der Waals surface area contributed by atoms with Gasteiger partial charge in [-0.2, -0.15) is 0 Å². The minimum atomic E-state index is -0.448. The van der Waals surface area contributed by atoms with E-state index in [2.05, 4.69) is 4.98 Å². The number of hydrogen-bond acceptors (Lipinski definition) is 5. The van der Waals surface area contributed by atoms with Crippen molar-refractivity contribution in [1.29, 1.82) is 0 Å². The van der Waals surface area contributed by atoms with Gasteiger partial charge in [-0.25, -0.2) is 4.79 Å². The molecule has 88 valence electrons. The fourth-order valence-electron chi connectivity index (χ4n) is 1.47. The van der Waals surface area contributed by atoms with Crippen LogP contribution in [-0.4, -0.2) is 34.5 Å². The quantitative estimate of drug-likeness (QED) is 0.795. The highest BCUT2D eigenvalue weighted by Gasteiger charge is 2.27. The highest BCUT2D eigenvalue weighted by Crippen LogP contribution is 2.30. The minimum Gasteiger partial charge on any atom is -0.381 e. The Hall–Kier alpha value is -1.05. The third-order valence-corrected chi connectivity index (χ3v) is 3.29. The van der Waals surface area contributed by atoms with E-state index in [9.17, 15) is 9.59 Å². The lowest BCUT2D eigenvalue weighted by Gasteiger charge is -2.13. The van der Waals surface area contributed by atoms with Gasteiger partial charge in [0.25, 0.3) is 5.56 Å². The van der Waals surface area contributed by atoms with Gasteiger partial charge in [0.15, 0.2) is 0 Å². The van der Waals surface area contributed by atoms with Crippen LogP contribution in [0, 0.1) is 0 Å². The van der Waals surface area contributed by atoms with Gasteiger partial charge in [-0.3, -0.25) is 14.3 Å². The van der Waals surface area contributed by atoms with Gasteiger partial charge in [-0.1, -0.05) is 0 Å². The van der Waals surface area contributed by atoms with E-state index < -0.39 is 11.2 Å². The van der Waals surface area contributed by atoms with Crippen molar-refractivity contribution in [3.63, 3.8) is 0 Å². The molecule has 1 saturated heterocycles. The molecule has 7 heteroatoms. The number of hydrogen-bond donors (Lipinski definition) is 1. The molecule has 6 nitrogen and oxygen atoms in total. The molecule has 1 aliphatic heterocycles. The predicted octanol–water partition coefficient (Wildman–Crippen LogP) is -0.229. The summed E-state index contributed by atoms with van der Waals surface area (Å²) in [6.07, 6.45) is 1.11. The molecule has 0 bridgehead atoms. The molecule has 0 radical (unpaired) electrons. The van der Waals surface area contributed by atoms with Crippen LogP contribution in [0.3, 0.4) is 0 Å². The van der Waals surface area contributed by atoms with Crippen molar-refractivity contribution in [3.8, 4) is 0 Å². The Morgan fingerprint density at radius 3 is 3.19 bits per heavy atom. The van der Waals surface area contributed by atoms with Crippen molar-refractivity contribution in [2.24, 2.45) is 0 Å². The summed E-state index contributed by atoms with van der Waals surface area (Å²) in [4.78, 5) is 24.6. The van der Waals surface area contributed by atoms with Crippen LogP contribution >= 0.6 is 11.8 Å². The van der Waals surface area contributed by atoms with Crippen molar-refractivity contribution < 1.29 is 9.47 Å². The summed E-state index contributed by atoms with van der Waals surface area (Å²) < 4.78 is 11.9. The van der Waals surface area contributed by atoms with Crippen LogP contribution in [-0.2, 0) is 9.47 Å². The monoisotopic (exact) mass is 244 g/mol. The Morgan fingerprint density at radius 2 is 2.50 bits per heavy atom. The van der Waals surface area contributed by atoms with E-state index in [4.69, 9.17) is 9.47 Å². The van der Waals surface area contributed by atoms with E-state index in [0.717, 1.165) is 0 Å². The second-order valence-electron chi connectivity index (χ2n) is 3.33. The smallest absolute Gasteiger partial charge is 0.330 e. The molecule has 0 saturated carbocycles. The van der Waals surface area contributed by atoms with Crippen molar-refractivity contribution in [3.05, 3.63) is 33.1 Å². The second kappa shape index (κ2) is 4.86. The third kappa shape index (κ3) is 2.37. The van der Waals surface area contributed by atoms with E-state index in [1.807, 2.05) is 0 Å². The summed E-state index contributed by atoms with van der Waals surface area (Å²) in [5.41, 5.74) is -0.912. The highest BCUT2D eigenvalue weighted by atomic mass is 32.2. The van der Waals surface area contributed by atoms with Crippen molar-refractivity contribution in [2.75, 3.05) is 19.5 Å². The lowest BCUT2D eigenvalue weighted by atomic mass is 10.5. The van der Waals surface area contributed by atoms with Crippen LogP contribution in [0.15, 0.2) is 21.9 Å². The van der Waals surface area contributed by atoms with Crippen molar-refractivity contribution in [2.45, 2.75) is 11.7 Å². The summed E-state index contributed by atoms with van der Waals surface area (Å²) in [6, 6.07) is 1.30. The van der Waals surface area contributed by atoms with Gasteiger partial charge in [0, 0.05) is 25.1 Å². The summed E-state index contributed by atoms with van der Waals surface area (Å²) in [7, 11) is 1.60. The van der Waals surface area contributed by atoms with Crippen LogP contribution in [0.4, 0.5) is 0 Å². The normalized spacial score (nSPS) is 24.8. The van der Waals surface area contributed by atoms with Gasteiger partial charge in [-0.05, 0) is 0 Å². The van der Waals surface area contributed by atoms with Crippen molar-refractivity contribution >= 4 is 11.8 Å². The number of H-pyrrole nitrogens is 1. The number of aromatic nitrogens is 2. The van der Waals surface area contributed by atoms with Gasteiger partial charge in [-0.15, -0.1) is 11.8 Å². The molecule has 1 aromatic heterocycles. The molecule has 0 unspecified atom stereocenters. The fourth-order valence-corrected chi connectivity index (χ4v) is 2.52. The number of thioether (sulfide) groups is 1. The number of aromatic amines is 1. The first-order valence-electron chi connectivity index (χ1n) is 4.78. The van der Waals surface area contributed by atoms with Crippen LogP contribution in [0.25, 0.3) is 0 Å². The Morgan fingerprint density at radius 1 is 1.69 bits per heavy atom. The molecule has 0 aromatic carbocycles. The molecular weight excluding hydrogens is 232 g/mol. The molecule has 2 heterocycles. The van der Waals surface area contributed by atoms with Gasteiger partial charge < -0.3 is 9.47 Å². The predicted molar refractivity (Wildman–Crippen MR) is 59.6 cm³/mol. The zero-order chi connectivity index (χ0) is 11.5. The molecule has 1 N–H and O–H groups in total. The Balaban J connectivity index is 2.14. The lowest BCUT2D eigenvalue weighted by Crippen LogP contribution is -2.32. The summed E-state index contributed by atoms with van der Waals surface area (Å²) >= 11 is 1.58. The van der Waals surface area contributed by atoms with E-state index >= 15 is 0 Å². The van der Waals surface area contributed by atoms with Gasteiger partial charge >= 0.3 is 5.69 Å². The van der Waals surface area contributed by atoms with E-state index in [0.29, 0.717) is 12.4 Å². The van der Waals surface area contributed by atoms with E-state index in [1.54, 1.807) is 18.9 Å². The standard InChI is InChI=1S/C9H12N2O4S/c1-14-4-8-15-7(5-16-8)11-3-2-6(12)10-9(11)13/h2-3,7-8H,4-5H2,1H3,(H,10,12,13)/t7-,8+/m0/s1. The Kier molecular flexibility index (Phi) is 3.47. The van der Waals surface area contributed by atoms with Crippen LogP contribution in [0.1, 0.15) is 6.23 Å². The molecule has 1 aromatic rings. The molecule has 2 rings (SSSR count). The maximum absolute atomic E-state index is 11.5. The van der Waals surface area contributed by atoms with Crippen LogP contribution in [0.5, 0.6) is 0 Å². The number of ether oxygens (including phenoxy) is 2. The molecular formula is C9H12N2O4S. The average Bonchev–Trinajstić information content (AvgIpc) is 2.67. The lowest BCUT2D eigenvalue weighted by molar-refractivity contribution is -0.0153. The molecule has 0 amide bonds. The van der Waals surface area contributed by atoms with E-state index in [1.165, 1.54) is 16.8 Å². The van der Waals surface area contributed by atoms with Gasteiger partial charge in [0.05, 0.1) is 6.61 Å². The summed E-state index contributed by atoms with van der Waals surface area (Å²) in [6.45, 7) is 0.485. The number of rotatable bonds is 3. The molecule has 2 atom stereocenters. The van der Waals surface area contributed by atoms with Crippen molar-refractivity contribution in [1.82, 2.24) is 9.55 Å². The molecule has 16 heavy (non-hydrogen) atoms. The molecule has 0 spiro atoms. The highest BCUT2D eigenvalue weighted by molar-refractivity contribution is 8.00. The van der Waals surface area contributed by atoms with Gasteiger partial charge in [0.2, 0.25) is 0 Å². The zero-order valence-corrected chi connectivity index (χ0v) is 9.53. The number of nitrogens with one attached hydrogen (secondary N) is 1. The Labute approximate surface area is 95.6 Å². The van der Waals surface area contributed by atoms with E-state index in [-0.39, 0.29) is 11.7 Å². The largest absolute Gasteiger partial charge is 0.381 e. The maximum atomic E-state index is 11.5. The SMILES string of the molecule is COC[C@@H]1O[C@H](n2ccc(=O)[nH]c2=O)CS1. The first kappa shape index (κ1) is 11.4. The van der Waals surface area contributed by atoms with Crippen LogP contribution < -0.4 is 11.2 Å². The number of nitrogens with zero attached hydrogens (tertiary/aromatic N) is 1. The maximum Gasteiger partial charge on any atom is 0.330 e. The summed E-state index contributed by atoms with van der Waals surface area (Å²) in [5, 5.41) is 0. The second-order valence-corrected chi connectivity index (χ2v) is 4.52. The number of methoxy groups -OCH3 is 1. The average molecular weight is 244 g/mol. The molecule has 1 aliphatic rings.